The van der Waals surface area contributed by atoms with Crippen LogP contribution in [0.15, 0.2) is 42.5 Å². The molecule has 2 aromatic carbocycles. The molecule has 0 amide bonds. The zero-order valence-electron chi connectivity index (χ0n) is 10.5. The Kier molecular flexibility index (Phi) is 4.40. The minimum absolute atomic E-state index is 0.128. The largest absolute Gasteiger partial charge is 0.508 e. The van der Waals surface area contributed by atoms with E-state index in [4.69, 9.17) is 11.6 Å². The van der Waals surface area contributed by atoms with Crippen molar-refractivity contribution in [1.82, 2.24) is 5.32 Å². The zero-order chi connectivity index (χ0) is 13.8. The van der Waals surface area contributed by atoms with E-state index in [1.54, 1.807) is 31.3 Å². The second kappa shape index (κ2) is 6.04. The number of hydrogen-bond acceptors (Lipinski definition) is 2. The van der Waals surface area contributed by atoms with Gasteiger partial charge in [-0.1, -0.05) is 35.9 Å². The molecule has 2 N–H and O–H groups in total. The summed E-state index contributed by atoms with van der Waals surface area (Å²) in [5.74, 6) is -0.166. The van der Waals surface area contributed by atoms with Crippen LogP contribution in [0.3, 0.4) is 0 Å². The molecule has 100 valence electrons. The van der Waals surface area contributed by atoms with Gasteiger partial charge in [-0.05, 0) is 37.2 Å². The predicted octanol–water partition coefficient (Wildman–Crippen LogP) is 3.69. The van der Waals surface area contributed by atoms with Gasteiger partial charge in [0.1, 0.15) is 11.6 Å². The number of phenols is 1. The van der Waals surface area contributed by atoms with Crippen LogP contribution in [0.2, 0.25) is 5.02 Å². The molecular weight excluding hydrogens is 265 g/mol. The topological polar surface area (TPSA) is 32.3 Å². The number of rotatable bonds is 4. The quantitative estimate of drug-likeness (QED) is 0.895. The number of benzene rings is 2. The molecule has 0 aliphatic rings. The number of likely N-dealkylation sites (N-methyl/N-ethyl adjacent to an activating group) is 1. The molecule has 1 atom stereocenters. The molecule has 1 unspecified atom stereocenters. The number of halogens is 2. The van der Waals surface area contributed by atoms with Crippen LogP contribution in [0.4, 0.5) is 4.39 Å². The summed E-state index contributed by atoms with van der Waals surface area (Å²) in [5.41, 5.74) is 1.56. The molecule has 4 heteroatoms. The van der Waals surface area contributed by atoms with Gasteiger partial charge in [-0.15, -0.1) is 0 Å². The van der Waals surface area contributed by atoms with Gasteiger partial charge in [0, 0.05) is 11.6 Å². The third kappa shape index (κ3) is 3.25. The molecule has 0 saturated carbocycles. The fourth-order valence-corrected chi connectivity index (χ4v) is 2.21. The highest BCUT2D eigenvalue weighted by Gasteiger charge is 2.16. The van der Waals surface area contributed by atoms with E-state index in [9.17, 15) is 9.50 Å². The van der Waals surface area contributed by atoms with Gasteiger partial charge < -0.3 is 10.4 Å². The molecule has 0 aromatic heterocycles. The van der Waals surface area contributed by atoms with Gasteiger partial charge >= 0.3 is 0 Å². The van der Waals surface area contributed by atoms with Crippen LogP contribution in [0, 0.1) is 5.82 Å². The van der Waals surface area contributed by atoms with E-state index < -0.39 is 0 Å². The van der Waals surface area contributed by atoms with Gasteiger partial charge in [0.2, 0.25) is 0 Å². The van der Waals surface area contributed by atoms with Crippen LogP contribution in [0.5, 0.6) is 5.75 Å². The molecule has 0 bridgehead atoms. The summed E-state index contributed by atoms with van der Waals surface area (Å²) in [6.07, 6.45) is 0.619. The molecule has 2 aromatic rings. The first-order chi connectivity index (χ1) is 9.11. The molecule has 2 rings (SSSR count). The maximum Gasteiger partial charge on any atom is 0.146 e. The molecular formula is C15H15ClFNO. The fourth-order valence-electron chi connectivity index (χ4n) is 2.02. The van der Waals surface area contributed by atoms with E-state index in [2.05, 4.69) is 5.32 Å². The van der Waals surface area contributed by atoms with Crippen LogP contribution in [0.1, 0.15) is 17.2 Å². The first-order valence-electron chi connectivity index (χ1n) is 6.01. The van der Waals surface area contributed by atoms with Crippen molar-refractivity contribution in [2.75, 3.05) is 7.05 Å². The predicted molar refractivity (Wildman–Crippen MR) is 75.0 cm³/mol. The summed E-state index contributed by atoms with van der Waals surface area (Å²) in [6, 6.07) is 11.7. The van der Waals surface area contributed by atoms with E-state index in [1.165, 1.54) is 6.07 Å². The van der Waals surface area contributed by atoms with Crippen LogP contribution in [-0.2, 0) is 6.42 Å². The van der Waals surface area contributed by atoms with Crippen molar-refractivity contribution >= 4 is 11.6 Å². The summed E-state index contributed by atoms with van der Waals surface area (Å²) in [5, 5.41) is 12.5. The minimum Gasteiger partial charge on any atom is -0.508 e. The summed E-state index contributed by atoms with van der Waals surface area (Å²) in [4.78, 5) is 0. The van der Waals surface area contributed by atoms with Crippen LogP contribution in [0.25, 0.3) is 0 Å². The van der Waals surface area contributed by atoms with Crippen LogP contribution in [-0.4, -0.2) is 12.2 Å². The Morgan fingerprint density at radius 1 is 1.21 bits per heavy atom. The van der Waals surface area contributed by atoms with Crippen molar-refractivity contribution in [3.8, 4) is 5.75 Å². The highest BCUT2D eigenvalue weighted by atomic mass is 35.5. The molecule has 0 radical (unpaired) electrons. The first kappa shape index (κ1) is 13.8. The van der Waals surface area contributed by atoms with Crippen LogP contribution < -0.4 is 5.32 Å². The van der Waals surface area contributed by atoms with Crippen molar-refractivity contribution in [2.45, 2.75) is 12.5 Å². The molecule has 2 nitrogen and oxygen atoms in total. The minimum atomic E-state index is -0.387. The molecule has 0 spiro atoms. The Morgan fingerprint density at radius 3 is 2.53 bits per heavy atom. The van der Waals surface area contributed by atoms with Gasteiger partial charge in [0.25, 0.3) is 0 Å². The van der Waals surface area contributed by atoms with Gasteiger partial charge in [0.15, 0.2) is 0 Å². The molecule has 0 aliphatic carbocycles. The highest BCUT2D eigenvalue weighted by Crippen LogP contribution is 2.26. The lowest BCUT2D eigenvalue weighted by molar-refractivity contribution is 0.474. The highest BCUT2D eigenvalue weighted by molar-refractivity contribution is 6.30. The monoisotopic (exact) mass is 279 g/mol. The van der Waals surface area contributed by atoms with Gasteiger partial charge in [0.05, 0.1) is 5.02 Å². The maximum absolute atomic E-state index is 14.0. The average molecular weight is 280 g/mol. The van der Waals surface area contributed by atoms with E-state index in [1.807, 2.05) is 12.1 Å². The molecule has 0 saturated heterocycles. The van der Waals surface area contributed by atoms with E-state index in [-0.39, 0.29) is 22.6 Å². The Bertz CT molecular complexity index is 557. The fraction of sp³-hybridized carbons (Fsp3) is 0.200. The third-order valence-electron chi connectivity index (χ3n) is 3.08. The van der Waals surface area contributed by atoms with Crippen molar-refractivity contribution in [3.05, 3.63) is 64.4 Å². The summed E-state index contributed by atoms with van der Waals surface area (Å²) in [6.45, 7) is 0. The lowest BCUT2D eigenvalue weighted by Crippen LogP contribution is -2.20. The lowest BCUT2D eigenvalue weighted by atomic mass is 9.98. The molecule has 0 fully saturated rings. The summed E-state index contributed by atoms with van der Waals surface area (Å²) in [7, 11) is 1.78. The Balaban J connectivity index is 2.25. The second-order valence-electron chi connectivity index (χ2n) is 4.35. The lowest BCUT2D eigenvalue weighted by Gasteiger charge is -2.18. The average Bonchev–Trinajstić information content (AvgIpc) is 2.42. The number of phenolic OH excluding ortho intramolecular Hbond substituents is 1. The number of nitrogens with one attached hydrogen (secondary N) is 1. The Morgan fingerprint density at radius 2 is 1.89 bits per heavy atom. The van der Waals surface area contributed by atoms with Crippen molar-refractivity contribution in [3.63, 3.8) is 0 Å². The third-order valence-corrected chi connectivity index (χ3v) is 3.37. The normalized spacial score (nSPS) is 12.4. The Labute approximate surface area is 116 Å². The van der Waals surface area contributed by atoms with Gasteiger partial charge in [-0.2, -0.15) is 0 Å². The molecule has 0 heterocycles. The second-order valence-corrected chi connectivity index (χ2v) is 4.76. The molecule has 0 aliphatic heterocycles. The van der Waals surface area contributed by atoms with Crippen LogP contribution >= 0.6 is 11.6 Å². The standard InChI is InChI=1S/C15H15ClFNO/c1-18-14(9-10-5-7-11(19)8-6-10)12-3-2-4-13(16)15(12)17/h2-8,14,18-19H,9H2,1H3. The SMILES string of the molecule is CNC(Cc1ccc(O)cc1)c1cccc(Cl)c1F. The van der Waals surface area contributed by atoms with Gasteiger partial charge in [-0.3, -0.25) is 0 Å². The summed E-state index contributed by atoms with van der Waals surface area (Å²) >= 11 is 5.80. The first-order valence-corrected chi connectivity index (χ1v) is 6.38. The number of aromatic hydroxyl groups is 1. The van der Waals surface area contributed by atoms with Crippen molar-refractivity contribution in [1.29, 1.82) is 0 Å². The van der Waals surface area contributed by atoms with Crippen molar-refractivity contribution < 1.29 is 9.50 Å². The Hall–Kier alpha value is -1.58. The van der Waals surface area contributed by atoms with Gasteiger partial charge in [-0.25, -0.2) is 4.39 Å². The summed E-state index contributed by atoms with van der Waals surface area (Å²) < 4.78 is 14.0. The van der Waals surface area contributed by atoms with Crippen molar-refractivity contribution in [2.24, 2.45) is 0 Å². The number of hydrogen-bond donors (Lipinski definition) is 2. The molecule has 19 heavy (non-hydrogen) atoms. The van der Waals surface area contributed by atoms with E-state index in [0.717, 1.165) is 5.56 Å². The zero-order valence-corrected chi connectivity index (χ0v) is 11.3. The smallest absolute Gasteiger partial charge is 0.146 e. The maximum atomic E-state index is 14.0. The van der Waals surface area contributed by atoms with E-state index in [0.29, 0.717) is 12.0 Å². The van der Waals surface area contributed by atoms with E-state index >= 15 is 0 Å².